The van der Waals surface area contributed by atoms with E-state index in [-0.39, 0.29) is 11.8 Å². The average molecular weight is 439 g/mol. The maximum atomic E-state index is 13.2. The second kappa shape index (κ2) is 9.06. The highest BCUT2D eigenvalue weighted by atomic mass is 32.1. The Hall–Kier alpha value is -2.93. The third-order valence-electron chi connectivity index (χ3n) is 6.09. The van der Waals surface area contributed by atoms with E-state index in [4.69, 9.17) is 0 Å². The van der Waals surface area contributed by atoms with E-state index in [2.05, 4.69) is 17.6 Å². The van der Waals surface area contributed by atoms with Crippen LogP contribution < -0.4 is 10.6 Å². The minimum atomic E-state index is -0.967. The molecule has 2 aromatic rings. The van der Waals surface area contributed by atoms with Crippen LogP contribution in [0.2, 0.25) is 0 Å². The van der Waals surface area contributed by atoms with Crippen LogP contribution in [0.4, 0.5) is 10.7 Å². The number of allylic oxidation sites excluding steroid dienone is 2. The van der Waals surface area contributed by atoms with Gasteiger partial charge < -0.3 is 15.7 Å². The Labute approximate surface area is 185 Å². The highest BCUT2D eigenvalue weighted by molar-refractivity contribution is 7.17. The van der Waals surface area contributed by atoms with Crippen LogP contribution >= 0.6 is 11.3 Å². The maximum absolute atomic E-state index is 13.2. The normalized spacial score (nSPS) is 22.4. The van der Waals surface area contributed by atoms with Gasteiger partial charge in [-0.05, 0) is 55.7 Å². The summed E-state index contributed by atoms with van der Waals surface area (Å²) in [7, 11) is 0. The van der Waals surface area contributed by atoms with Gasteiger partial charge in [0.25, 0.3) is 5.91 Å². The molecule has 4 rings (SSSR count). The molecule has 0 saturated heterocycles. The summed E-state index contributed by atoms with van der Waals surface area (Å²) >= 11 is 1.45. The van der Waals surface area contributed by atoms with Crippen molar-refractivity contribution in [2.75, 3.05) is 10.6 Å². The number of hydrogen-bond acceptors (Lipinski definition) is 4. The summed E-state index contributed by atoms with van der Waals surface area (Å²) < 4.78 is 0. The van der Waals surface area contributed by atoms with Gasteiger partial charge in [0, 0.05) is 10.6 Å². The zero-order valence-corrected chi connectivity index (χ0v) is 18.2. The molecule has 0 bridgehead atoms. The lowest BCUT2D eigenvalue weighted by Gasteiger charge is -2.24. The highest BCUT2D eigenvalue weighted by Crippen LogP contribution is 2.40. The fourth-order valence-electron chi connectivity index (χ4n) is 4.38. The minimum absolute atomic E-state index is 0.244. The van der Waals surface area contributed by atoms with Gasteiger partial charge in [0.15, 0.2) is 0 Å². The third kappa shape index (κ3) is 4.56. The van der Waals surface area contributed by atoms with Gasteiger partial charge in [-0.1, -0.05) is 37.3 Å². The Balaban J connectivity index is 1.63. The highest BCUT2D eigenvalue weighted by Gasteiger charge is 2.35. The minimum Gasteiger partial charge on any atom is -0.481 e. The van der Waals surface area contributed by atoms with Crippen molar-refractivity contribution in [3.05, 3.63) is 58.5 Å². The van der Waals surface area contributed by atoms with Crippen molar-refractivity contribution >= 4 is 39.8 Å². The van der Waals surface area contributed by atoms with E-state index in [9.17, 15) is 19.5 Å². The van der Waals surface area contributed by atoms with Crippen molar-refractivity contribution in [2.24, 2.45) is 17.8 Å². The standard InChI is InChI=1S/C24H26N2O4S/c1-14-11-12-18-19(13-14)31-23(20(18)22(28)25-15-7-3-2-4-8-15)26-21(27)16-9-5-6-10-17(16)24(29)30/h2-8,14,16-17H,9-13H2,1H3,(H,25,28)(H,26,27)(H,29,30)/t14-,16-,17+/m1/s1. The second-order valence-electron chi connectivity index (χ2n) is 8.36. The molecule has 31 heavy (non-hydrogen) atoms. The smallest absolute Gasteiger partial charge is 0.307 e. The predicted molar refractivity (Wildman–Crippen MR) is 122 cm³/mol. The van der Waals surface area contributed by atoms with Crippen LogP contribution in [0.5, 0.6) is 0 Å². The fraction of sp³-hybridized carbons (Fsp3) is 0.375. The molecule has 0 unspecified atom stereocenters. The van der Waals surface area contributed by atoms with Crippen LogP contribution in [0, 0.1) is 17.8 Å². The molecule has 1 aromatic heterocycles. The zero-order valence-electron chi connectivity index (χ0n) is 17.4. The third-order valence-corrected chi connectivity index (χ3v) is 7.26. The van der Waals surface area contributed by atoms with Gasteiger partial charge in [0.05, 0.1) is 17.4 Å². The van der Waals surface area contributed by atoms with E-state index in [1.807, 2.05) is 42.5 Å². The number of hydrogen-bond donors (Lipinski definition) is 3. The number of fused-ring (bicyclic) bond motifs is 1. The van der Waals surface area contributed by atoms with Crippen LogP contribution in [0.1, 0.15) is 47.0 Å². The maximum Gasteiger partial charge on any atom is 0.307 e. The Bertz CT molecular complexity index is 1030. The van der Waals surface area contributed by atoms with E-state index >= 15 is 0 Å². The van der Waals surface area contributed by atoms with Gasteiger partial charge in [-0.15, -0.1) is 11.3 Å². The molecule has 3 atom stereocenters. The largest absolute Gasteiger partial charge is 0.481 e. The van der Waals surface area contributed by atoms with Gasteiger partial charge in [0.2, 0.25) is 5.91 Å². The summed E-state index contributed by atoms with van der Waals surface area (Å²) in [6.07, 6.45) is 7.07. The summed E-state index contributed by atoms with van der Waals surface area (Å²) in [6, 6.07) is 9.23. The van der Waals surface area contributed by atoms with Crippen molar-refractivity contribution < 1.29 is 19.5 Å². The number of aliphatic carboxylic acids is 1. The van der Waals surface area contributed by atoms with Crippen LogP contribution in [0.25, 0.3) is 0 Å². The van der Waals surface area contributed by atoms with Gasteiger partial charge in [-0.3, -0.25) is 14.4 Å². The van der Waals surface area contributed by atoms with Crippen LogP contribution in [-0.4, -0.2) is 22.9 Å². The van der Waals surface area contributed by atoms with E-state index in [1.54, 1.807) is 0 Å². The van der Waals surface area contributed by atoms with Gasteiger partial charge in [-0.2, -0.15) is 0 Å². The Morgan fingerprint density at radius 3 is 2.45 bits per heavy atom. The van der Waals surface area contributed by atoms with E-state index in [1.165, 1.54) is 11.3 Å². The Morgan fingerprint density at radius 2 is 1.74 bits per heavy atom. The number of carboxylic acid groups (broad SMARTS) is 1. The lowest BCUT2D eigenvalue weighted by Crippen LogP contribution is -2.35. The number of thiophene rings is 1. The van der Waals surface area contributed by atoms with Crippen molar-refractivity contribution in [3.8, 4) is 0 Å². The first-order valence-electron chi connectivity index (χ1n) is 10.6. The Morgan fingerprint density at radius 1 is 1.03 bits per heavy atom. The summed E-state index contributed by atoms with van der Waals surface area (Å²) in [6.45, 7) is 2.19. The molecule has 1 aromatic carbocycles. The molecule has 3 N–H and O–H groups in total. The first kappa shape index (κ1) is 21.3. The van der Waals surface area contributed by atoms with E-state index in [0.29, 0.717) is 35.0 Å². The molecule has 0 radical (unpaired) electrons. The number of amides is 2. The van der Waals surface area contributed by atoms with Gasteiger partial charge >= 0.3 is 5.97 Å². The first-order chi connectivity index (χ1) is 14.9. The topological polar surface area (TPSA) is 95.5 Å². The summed E-state index contributed by atoms with van der Waals surface area (Å²) in [4.78, 5) is 39.0. The predicted octanol–water partition coefficient (Wildman–Crippen LogP) is 4.73. The number of benzene rings is 1. The summed E-state index contributed by atoms with van der Waals surface area (Å²) in [5, 5.41) is 15.9. The number of carbonyl (C=O) groups excluding carboxylic acids is 2. The lowest BCUT2D eigenvalue weighted by atomic mass is 9.82. The van der Waals surface area contributed by atoms with Crippen LogP contribution in [0.3, 0.4) is 0 Å². The first-order valence-corrected chi connectivity index (χ1v) is 11.4. The molecule has 2 amide bonds. The molecule has 0 fully saturated rings. The Kier molecular flexibility index (Phi) is 6.23. The van der Waals surface area contributed by atoms with Crippen molar-refractivity contribution in [1.29, 1.82) is 0 Å². The summed E-state index contributed by atoms with van der Waals surface area (Å²) in [5.41, 5.74) is 2.21. The number of carboxylic acids is 1. The number of carbonyl (C=O) groups is 3. The molecular formula is C24H26N2O4S. The number of rotatable bonds is 5. The number of para-hydroxylation sites is 1. The number of nitrogens with one attached hydrogen (secondary N) is 2. The molecule has 162 valence electrons. The van der Waals surface area contributed by atoms with Gasteiger partial charge in [0.1, 0.15) is 5.00 Å². The van der Waals surface area contributed by atoms with Crippen molar-refractivity contribution in [2.45, 2.75) is 39.0 Å². The zero-order chi connectivity index (χ0) is 22.0. The van der Waals surface area contributed by atoms with Gasteiger partial charge in [-0.25, -0.2) is 0 Å². The van der Waals surface area contributed by atoms with E-state index < -0.39 is 17.8 Å². The molecule has 7 heteroatoms. The number of anilines is 2. The second-order valence-corrected chi connectivity index (χ2v) is 9.46. The van der Waals surface area contributed by atoms with Crippen molar-refractivity contribution in [1.82, 2.24) is 0 Å². The molecule has 2 aliphatic carbocycles. The summed E-state index contributed by atoms with van der Waals surface area (Å²) in [5.74, 6) is -2.42. The molecule has 2 aliphatic rings. The SMILES string of the molecule is C[C@@H]1CCc2c(sc(NC(=O)[C@@H]3CC=CC[C@@H]3C(=O)O)c2C(=O)Nc2ccccc2)C1. The molecule has 0 aliphatic heterocycles. The van der Waals surface area contributed by atoms with Crippen molar-refractivity contribution in [3.63, 3.8) is 0 Å². The van der Waals surface area contributed by atoms with Crippen LogP contribution in [-0.2, 0) is 22.4 Å². The molecular weight excluding hydrogens is 412 g/mol. The fourth-order valence-corrected chi connectivity index (χ4v) is 5.79. The monoisotopic (exact) mass is 438 g/mol. The van der Waals surface area contributed by atoms with Crippen LogP contribution in [0.15, 0.2) is 42.5 Å². The molecule has 0 spiro atoms. The molecule has 1 heterocycles. The lowest BCUT2D eigenvalue weighted by molar-refractivity contribution is -0.146. The molecule has 0 saturated carbocycles. The average Bonchev–Trinajstić information content (AvgIpc) is 3.11. The molecule has 6 nitrogen and oxygen atoms in total. The quantitative estimate of drug-likeness (QED) is 0.588. The van der Waals surface area contributed by atoms with E-state index in [0.717, 1.165) is 29.7 Å².